The smallest absolute Gasteiger partial charge is 0.253 e. The maximum absolute atomic E-state index is 13.3. The zero-order valence-corrected chi connectivity index (χ0v) is 17.0. The molecule has 4 rings (SSSR count). The van der Waals surface area contributed by atoms with Crippen molar-refractivity contribution in [1.82, 2.24) is 15.5 Å². The van der Waals surface area contributed by atoms with E-state index in [9.17, 15) is 18.4 Å². The fourth-order valence-corrected chi connectivity index (χ4v) is 4.36. The average Bonchev–Trinajstić information content (AvgIpc) is 3.06. The third kappa shape index (κ3) is 4.18. The molecule has 0 aromatic heterocycles. The minimum atomic E-state index is -0.639. The molecule has 0 bridgehead atoms. The molecule has 2 amide bonds. The Labute approximate surface area is 179 Å². The normalized spacial score (nSPS) is 18.3. The van der Waals surface area contributed by atoms with Crippen LogP contribution in [0.1, 0.15) is 23.2 Å². The summed E-state index contributed by atoms with van der Waals surface area (Å²) >= 11 is 0. The third-order valence-corrected chi connectivity index (χ3v) is 6.13. The lowest BCUT2D eigenvalue weighted by Gasteiger charge is -2.43. The average molecular weight is 429 g/mol. The number of nitrogens with one attached hydrogen (secondary N) is 2. The van der Waals surface area contributed by atoms with E-state index in [1.54, 1.807) is 12.1 Å². The van der Waals surface area contributed by atoms with Gasteiger partial charge in [-0.05, 0) is 55.3 Å². The van der Waals surface area contributed by atoms with Crippen LogP contribution in [0.15, 0.2) is 42.5 Å². The van der Waals surface area contributed by atoms with Gasteiger partial charge in [0.25, 0.3) is 5.91 Å². The predicted octanol–water partition coefficient (Wildman–Crippen LogP) is 1.71. The summed E-state index contributed by atoms with van der Waals surface area (Å²) in [5, 5.41) is 5.73. The van der Waals surface area contributed by atoms with Gasteiger partial charge in [0.1, 0.15) is 17.2 Å². The van der Waals surface area contributed by atoms with E-state index in [2.05, 4.69) is 15.5 Å². The Kier molecular flexibility index (Phi) is 5.77. The van der Waals surface area contributed by atoms with Crippen LogP contribution in [0, 0.1) is 11.6 Å². The summed E-state index contributed by atoms with van der Waals surface area (Å²) in [6, 6.07) is 9.89. The number of likely N-dealkylation sites (tertiary alicyclic amines) is 1. The Hall–Kier alpha value is -3.20. The van der Waals surface area contributed by atoms with Gasteiger partial charge in [-0.2, -0.15) is 0 Å². The molecule has 0 unspecified atom stereocenters. The second kappa shape index (κ2) is 8.50. The quantitative estimate of drug-likeness (QED) is 0.630. The lowest BCUT2D eigenvalue weighted by molar-refractivity contribution is -0.125. The number of nitrogen functional groups attached to an aromatic ring is 1. The number of anilines is 2. The summed E-state index contributed by atoms with van der Waals surface area (Å²) in [4.78, 5) is 29.2. The highest BCUT2D eigenvalue weighted by molar-refractivity contribution is 5.99. The lowest BCUT2D eigenvalue weighted by atomic mass is 9.85. The van der Waals surface area contributed by atoms with E-state index in [-0.39, 0.29) is 28.9 Å². The van der Waals surface area contributed by atoms with Crippen molar-refractivity contribution in [2.75, 3.05) is 43.5 Å². The van der Waals surface area contributed by atoms with Gasteiger partial charge in [-0.3, -0.25) is 9.59 Å². The molecule has 2 aromatic rings. The highest BCUT2D eigenvalue weighted by Crippen LogP contribution is 2.36. The highest BCUT2D eigenvalue weighted by Gasteiger charge is 2.50. The molecular weight excluding hydrogens is 404 g/mol. The molecule has 0 atom stereocenters. The zero-order chi connectivity index (χ0) is 22.0. The van der Waals surface area contributed by atoms with Crippen molar-refractivity contribution in [3.63, 3.8) is 0 Å². The van der Waals surface area contributed by atoms with Crippen LogP contribution >= 0.6 is 0 Å². The maximum Gasteiger partial charge on any atom is 0.253 e. The number of piperidine rings is 1. The predicted molar refractivity (Wildman–Crippen MR) is 113 cm³/mol. The zero-order valence-electron chi connectivity index (χ0n) is 17.0. The van der Waals surface area contributed by atoms with Crippen molar-refractivity contribution in [3.05, 3.63) is 59.7 Å². The minimum Gasteiger partial charge on any atom is -0.398 e. The standard InChI is InChI=1S/C22H25F2N5O2/c23-15-1-4-17(5-2-15)29-14-27-21(31)22(29)7-10-28(11-8-22)12-9-26-20(30)18-6-3-16(24)13-19(18)25/h1-6,13H,7-12,14,25H2,(H,26,30)(H,27,31). The summed E-state index contributed by atoms with van der Waals surface area (Å²) in [5.41, 5.74) is 6.24. The van der Waals surface area contributed by atoms with Gasteiger partial charge in [0.05, 0.1) is 12.2 Å². The van der Waals surface area contributed by atoms with Crippen LogP contribution in [0.3, 0.4) is 0 Å². The van der Waals surface area contributed by atoms with Crippen molar-refractivity contribution < 1.29 is 18.4 Å². The number of benzene rings is 2. The van der Waals surface area contributed by atoms with E-state index in [1.807, 2.05) is 4.90 Å². The van der Waals surface area contributed by atoms with Crippen LogP contribution in [-0.4, -0.2) is 55.1 Å². The molecule has 2 aromatic carbocycles. The van der Waals surface area contributed by atoms with E-state index < -0.39 is 11.4 Å². The SMILES string of the molecule is Nc1cc(F)ccc1C(=O)NCCN1CCC2(CC1)C(=O)NCN2c1ccc(F)cc1. The molecule has 7 nitrogen and oxygen atoms in total. The van der Waals surface area contributed by atoms with E-state index in [4.69, 9.17) is 5.73 Å². The van der Waals surface area contributed by atoms with Crippen molar-refractivity contribution in [2.45, 2.75) is 18.4 Å². The first-order chi connectivity index (χ1) is 14.9. The minimum absolute atomic E-state index is 0.00318. The second-order valence-electron chi connectivity index (χ2n) is 7.93. The first-order valence-electron chi connectivity index (χ1n) is 10.3. The molecule has 0 aliphatic carbocycles. The van der Waals surface area contributed by atoms with Crippen LogP contribution in [0.5, 0.6) is 0 Å². The highest BCUT2D eigenvalue weighted by atomic mass is 19.1. The van der Waals surface area contributed by atoms with Crippen molar-refractivity contribution in [2.24, 2.45) is 0 Å². The topological polar surface area (TPSA) is 90.7 Å². The summed E-state index contributed by atoms with van der Waals surface area (Å²) in [6.45, 7) is 2.83. The van der Waals surface area contributed by atoms with Crippen molar-refractivity contribution >= 4 is 23.2 Å². The maximum atomic E-state index is 13.3. The van der Waals surface area contributed by atoms with Gasteiger partial charge >= 0.3 is 0 Å². The van der Waals surface area contributed by atoms with Gasteiger partial charge in [-0.15, -0.1) is 0 Å². The number of hydrogen-bond donors (Lipinski definition) is 3. The fraction of sp³-hybridized carbons (Fsp3) is 0.364. The molecule has 4 N–H and O–H groups in total. The third-order valence-electron chi connectivity index (χ3n) is 6.13. The molecule has 2 aliphatic heterocycles. The van der Waals surface area contributed by atoms with Gasteiger partial charge in [0.2, 0.25) is 5.91 Å². The van der Waals surface area contributed by atoms with Gasteiger partial charge < -0.3 is 26.2 Å². The van der Waals surface area contributed by atoms with Crippen LogP contribution in [0.4, 0.5) is 20.2 Å². The fourth-order valence-electron chi connectivity index (χ4n) is 4.36. The van der Waals surface area contributed by atoms with Crippen LogP contribution in [0.25, 0.3) is 0 Å². The number of nitrogens with two attached hydrogens (primary N) is 1. The Balaban J connectivity index is 1.32. The van der Waals surface area contributed by atoms with Crippen LogP contribution in [0.2, 0.25) is 0 Å². The Bertz CT molecular complexity index is 974. The number of hydrogen-bond acceptors (Lipinski definition) is 5. The largest absolute Gasteiger partial charge is 0.398 e. The Morgan fingerprint density at radius 3 is 2.45 bits per heavy atom. The molecule has 2 aliphatic rings. The molecular formula is C22H25F2N5O2. The monoisotopic (exact) mass is 429 g/mol. The molecule has 2 fully saturated rings. The molecule has 9 heteroatoms. The van der Waals surface area contributed by atoms with Crippen LogP contribution < -0.4 is 21.3 Å². The Morgan fingerprint density at radius 1 is 1.10 bits per heavy atom. The van der Waals surface area contributed by atoms with Crippen molar-refractivity contribution in [1.29, 1.82) is 0 Å². The van der Waals surface area contributed by atoms with Gasteiger partial charge in [0.15, 0.2) is 0 Å². The second-order valence-corrected chi connectivity index (χ2v) is 7.93. The van der Waals surface area contributed by atoms with E-state index >= 15 is 0 Å². The van der Waals surface area contributed by atoms with E-state index in [1.165, 1.54) is 24.3 Å². The summed E-state index contributed by atoms with van der Waals surface area (Å²) in [6.07, 6.45) is 1.27. The van der Waals surface area contributed by atoms with E-state index in [0.29, 0.717) is 45.7 Å². The van der Waals surface area contributed by atoms with Gasteiger partial charge in [-0.25, -0.2) is 8.78 Å². The molecule has 0 saturated carbocycles. The molecule has 2 heterocycles. The van der Waals surface area contributed by atoms with Gasteiger partial charge in [0, 0.05) is 37.6 Å². The van der Waals surface area contributed by atoms with Gasteiger partial charge in [-0.1, -0.05) is 0 Å². The molecule has 1 spiro atoms. The summed E-state index contributed by atoms with van der Waals surface area (Å²) < 4.78 is 26.4. The lowest BCUT2D eigenvalue weighted by Crippen LogP contribution is -2.57. The van der Waals surface area contributed by atoms with Crippen LogP contribution in [-0.2, 0) is 4.79 Å². The first kappa shape index (κ1) is 21.0. The molecule has 0 radical (unpaired) electrons. The number of amides is 2. The molecule has 2 saturated heterocycles. The number of halogens is 2. The summed E-state index contributed by atoms with van der Waals surface area (Å²) in [5.74, 6) is -1.14. The summed E-state index contributed by atoms with van der Waals surface area (Å²) in [7, 11) is 0. The number of carbonyl (C=O) groups excluding carboxylic acids is 2. The Morgan fingerprint density at radius 2 is 1.77 bits per heavy atom. The number of carbonyl (C=O) groups is 2. The molecule has 164 valence electrons. The van der Waals surface area contributed by atoms with E-state index in [0.717, 1.165) is 11.8 Å². The van der Waals surface area contributed by atoms with Crippen molar-refractivity contribution in [3.8, 4) is 0 Å². The number of rotatable bonds is 5. The molecule has 31 heavy (non-hydrogen) atoms. The first-order valence-corrected chi connectivity index (χ1v) is 10.3. The number of nitrogens with zero attached hydrogens (tertiary/aromatic N) is 2.